The first kappa shape index (κ1) is 17.8. The summed E-state index contributed by atoms with van der Waals surface area (Å²) in [5, 5.41) is 4.08. The molecule has 0 unspecified atom stereocenters. The van der Waals surface area contributed by atoms with Gasteiger partial charge < -0.3 is 5.32 Å². The van der Waals surface area contributed by atoms with E-state index >= 15 is 0 Å². The predicted octanol–water partition coefficient (Wildman–Crippen LogP) is 2.07. The molecule has 0 fully saturated rings. The van der Waals surface area contributed by atoms with Crippen molar-refractivity contribution in [3.8, 4) is 0 Å². The Morgan fingerprint density at radius 1 is 1.15 bits per heavy atom. The van der Waals surface area contributed by atoms with Crippen LogP contribution in [0.1, 0.15) is 0 Å². The van der Waals surface area contributed by atoms with Crippen molar-refractivity contribution >= 4 is 51.4 Å². The molecule has 3 N–H and O–H groups in total. The number of thiocarbonyl (C=S) groups is 1. The molecule has 1 aromatic heterocycles. The average molecular weight is 388 g/mol. The van der Waals surface area contributed by atoms with E-state index in [-0.39, 0.29) is 17.2 Å². The number of fused-ring (bicyclic) bond motifs is 1. The second kappa shape index (κ2) is 7.94. The molecule has 9 heteroatoms. The second-order valence-corrected chi connectivity index (χ2v) is 6.18. The second-order valence-electron chi connectivity index (χ2n) is 5.33. The van der Waals surface area contributed by atoms with Gasteiger partial charge in [-0.15, -0.1) is 0 Å². The molecule has 132 valence electrons. The van der Waals surface area contributed by atoms with Crippen LogP contribution < -0.4 is 21.7 Å². The van der Waals surface area contributed by atoms with Crippen LogP contribution in [0.3, 0.4) is 0 Å². The van der Waals surface area contributed by atoms with E-state index in [0.29, 0.717) is 21.6 Å². The molecule has 0 saturated heterocycles. The van der Waals surface area contributed by atoms with Crippen molar-refractivity contribution in [2.75, 3.05) is 5.32 Å². The van der Waals surface area contributed by atoms with Crippen molar-refractivity contribution in [1.29, 1.82) is 0 Å². The van der Waals surface area contributed by atoms with Gasteiger partial charge in [0, 0.05) is 10.7 Å². The predicted molar refractivity (Wildman–Crippen MR) is 105 cm³/mol. The van der Waals surface area contributed by atoms with Gasteiger partial charge in [-0.05, 0) is 42.5 Å². The third-order valence-electron chi connectivity index (χ3n) is 3.44. The Morgan fingerprint density at radius 3 is 2.77 bits per heavy atom. The number of aromatic nitrogens is 2. The highest BCUT2D eigenvalue weighted by molar-refractivity contribution is 7.80. The summed E-state index contributed by atoms with van der Waals surface area (Å²) in [5.41, 5.74) is 5.97. The molecular formula is C17H14ClN5O2S. The Bertz CT molecular complexity index is 1040. The molecule has 1 amide bonds. The number of halogens is 1. The fourth-order valence-electron chi connectivity index (χ4n) is 2.27. The van der Waals surface area contributed by atoms with Crippen LogP contribution >= 0.6 is 23.8 Å². The molecule has 26 heavy (non-hydrogen) atoms. The van der Waals surface area contributed by atoms with Gasteiger partial charge in [0.1, 0.15) is 6.54 Å². The molecule has 0 radical (unpaired) electrons. The van der Waals surface area contributed by atoms with Crippen LogP contribution in [-0.4, -0.2) is 20.6 Å². The Kier molecular flexibility index (Phi) is 5.45. The number of nitrogens with zero attached hydrogens (tertiary/aromatic N) is 2. The highest BCUT2D eigenvalue weighted by Gasteiger charge is 2.08. The van der Waals surface area contributed by atoms with Crippen LogP contribution in [0.25, 0.3) is 10.9 Å². The first-order valence-electron chi connectivity index (χ1n) is 7.58. The van der Waals surface area contributed by atoms with Gasteiger partial charge in [0.05, 0.1) is 17.2 Å². The average Bonchev–Trinajstić information content (AvgIpc) is 2.63. The summed E-state index contributed by atoms with van der Waals surface area (Å²) in [7, 11) is 0. The Balaban J connectivity index is 1.58. The first-order chi connectivity index (χ1) is 12.5. The van der Waals surface area contributed by atoms with Crippen molar-refractivity contribution < 1.29 is 4.79 Å². The number of anilines is 1. The van der Waals surface area contributed by atoms with E-state index in [1.807, 2.05) is 0 Å². The smallest absolute Gasteiger partial charge is 0.261 e. The Labute approximate surface area is 159 Å². The molecular weight excluding hydrogens is 374 g/mol. The van der Waals surface area contributed by atoms with Gasteiger partial charge in [-0.3, -0.25) is 25.0 Å². The van der Waals surface area contributed by atoms with E-state index in [2.05, 4.69) is 21.2 Å². The molecule has 7 nitrogen and oxygen atoms in total. The first-order valence-corrected chi connectivity index (χ1v) is 8.37. The number of benzene rings is 2. The topological polar surface area (TPSA) is 88.0 Å². The van der Waals surface area contributed by atoms with Gasteiger partial charge in [-0.1, -0.05) is 29.8 Å². The van der Waals surface area contributed by atoms with Gasteiger partial charge >= 0.3 is 0 Å². The molecule has 0 bridgehead atoms. The van der Waals surface area contributed by atoms with E-state index in [9.17, 15) is 9.59 Å². The molecule has 0 aliphatic heterocycles. The van der Waals surface area contributed by atoms with Crippen molar-refractivity contribution in [3.05, 3.63) is 70.2 Å². The van der Waals surface area contributed by atoms with E-state index < -0.39 is 5.91 Å². The Hall–Kier alpha value is -2.97. The number of hydrogen-bond acceptors (Lipinski definition) is 4. The fourth-order valence-corrected chi connectivity index (χ4v) is 2.63. The lowest BCUT2D eigenvalue weighted by atomic mass is 10.2. The van der Waals surface area contributed by atoms with Crippen LogP contribution in [0.15, 0.2) is 59.7 Å². The van der Waals surface area contributed by atoms with Gasteiger partial charge in [-0.2, -0.15) is 0 Å². The molecule has 0 atom stereocenters. The van der Waals surface area contributed by atoms with Crippen molar-refractivity contribution in [2.24, 2.45) is 0 Å². The maximum absolute atomic E-state index is 12.3. The number of amides is 1. The van der Waals surface area contributed by atoms with Crippen LogP contribution in [0.4, 0.5) is 5.69 Å². The Morgan fingerprint density at radius 2 is 1.96 bits per heavy atom. The summed E-state index contributed by atoms with van der Waals surface area (Å²) in [4.78, 5) is 28.6. The summed E-state index contributed by atoms with van der Waals surface area (Å²) < 4.78 is 1.23. The maximum atomic E-state index is 12.3. The lowest BCUT2D eigenvalue weighted by Gasteiger charge is -2.12. The molecule has 0 aliphatic rings. The highest BCUT2D eigenvalue weighted by Crippen LogP contribution is 2.14. The minimum Gasteiger partial charge on any atom is -0.331 e. The van der Waals surface area contributed by atoms with E-state index in [4.69, 9.17) is 23.8 Å². The van der Waals surface area contributed by atoms with E-state index in [1.165, 1.54) is 10.9 Å². The van der Waals surface area contributed by atoms with Crippen molar-refractivity contribution in [2.45, 2.75) is 6.54 Å². The normalized spacial score (nSPS) is 10.3. The number of hydrogen-bond donors (Lipinski definition) is 3. The van der Waals surface area contributed by atoms with Gasteiger partial charge in [0.2, 0.25) is 0 Å². The number of hydrazine groups is 1. The molecule has 2 aromatic carbocycles. The van der Waals surface area contributed by atoms with Gasteiger partial charge in [0.15, 0.2) is 5.11 Å². The minimum absolute atomic E-state index is 0.185. The van der Waals surface area contributed by atoms with Crippen LogP contribution in [-0.2, 0) is 11.3 Å². The lowest BCUT2D eigenvalue weighted by Crippen LogP contribution is -2.45. The summed E-state index contributed by atoms with van der Waals surface area (Å²) in [6.07, 6.45) is 1.34. The number of para-hydroxylation sites is 1. The zero-order valence-electron chi connectivity index (χ0n) is 13.4. The third-order valence-corrected chi connectivity index (χ3v) is 3.88. The SMILES string of the molecule is O=C(Cn1cnc2ccccc2c1=O)NNC(=S)Nc1cccc(Cl)c1. The third kappa shape index (κ3) is 4.35. The minimum atomic E-state index is -0.445. The summed E-state index contributed by atoms with van der Waals surface area (Å²) in [5.74, 6) is -0.445. The summed E-state index contributed by atoms with van der Waals surface area (Å²) in [6, 6.07) is 13.9. The van der Waals surface area contributed by atoms with E-state index in [0.717, 1.165) is 0 Å². The zero-order chi connectivity index (χ0) is 18.5. The molecule has 0 aliphatic carbocycles. The largest absolute Gasteiger partial charge is 0.331 e. The maximum Gasteiger partial charge on any atom is 0.261 e. The van der Waals surface area contributed by atoms with Crippen molar-refractivity contribution in [3.63, 3.8) is 0 Å². The number of rotatable bonds is 3. The molecule has 0 spiro atoms. The van der Waals surface area contributed by atoms with Crippen LogP contribution in [0, 0.1) is 0 Å². The summed E-state index contributed by atoms with van der Waals surface area (Å²) >= 11 is 11.0. The molecule has 0 saturated carbocycles. The number of carbonyl (C=O) groups excluding carboxylic acids is 1. The van der Waals surface area contributed by atoms with Crippen LogP contribution in [0.5, 0.6) is 0 Å². The number of carbonyl (C=O) groups is 1. The quantitative estimate of drug-likeness (QED) is 0.471. The molecule has 1 heterocycles. The zero-order valence-corrected chi connectivity index (χ0v) is 15.0. The van der Waals surface area contributed by atoms with Crippen LogP contribution in [0.2, 0.25) is 5.02 Å². The van der Waals surface area contributed by atoms with Gasteiger partial charge in [-0.25, -0.2) is 4.98 Å². The number of nitrogens with one attached hydrogen (secondary N) is 3. The van der Waals surface area contributed by atoms with Crippen molar-refractivity contribution in [1.82, 2.24) is 20.4 Å². The summed E-state index contributed by atoms with van der Waals surface area (Å²) in [6.45, 7) is -0.191. The highest BCUT2D eigenvalue weighted by atomic mass is 35.5. The lowest BCUT2D eigenvalue weighted by molar-refractivity contribution is -0.122. The fraction of sp³-hybridized carbons (Fsp3) is 0.0588. The monoisotopic (exact) mass is 387 g/mol. The molecule has 3 aromatic rings. The van der Waals surface area contributed by atoms with E-state index in [1.54, 1.807) is 48.5 Å². The molecule has 3 rings (SSSR count). The van der Waals surface area contributed by atoms with Gasteiger partial charge in [0.25, 0.3) is 11.5 Å². The standard InChI is InChI=1S/C17H14ClN5O2S/c18-11-4-3-5-12(8-11)20-17(26)22-21-15(24)9-23-10-19-14-7-2-1-6-13(14)16(23)25/h1-8,10H,9H2,(H,21,24)(H2,20,22,26).